The normalized spacial score (nSPS) is 10.3. The number of carboxylic acids is 1. The van der Waals surface area contributed by atoms with Crippen molar-refractivity contribution in [3.05, 3.63) is 29.5 Å². The van der Waals surface area contributed by atoms with Crippen molar-refractivity contribution in [3.8, 4) is 22.8 Å². The fourth-order valence-corrected chi connectivity index (χ4v) is 1.80. The highest BCUT2D eigenvalue weighted by atomic mass is 16.5. The zero-order valence-electron chi connectivity index (χ0n) is 10.8. The van der Waals surface area contributed by atoms with Crippen molar-refractivity contribution in [1.82, 2.24) is 5.16 Å². The van der Waals surface area contributed by atoms with E-state index in [1.54, 1.807) is 25.1 Å². The summed E-state index contributed by atoms with van der Waals surface area (Å²) in [5.41, 5.74) is 0.811. The van der Waals surface area contributed by atoms with E-state index < -0.39 is 5.97 Å². The van der Waals surface area contributed by atoms with E-state index in [1.807, 2.05) is 0 Å². The van der Waals surface area contributed by atoms with Crippen LogP contribution in [-0.2, 0) is 0 Å². The molecule has 0 amide bonds. The molecular weight excluding hydrogens is 250 g/mol. The summed E-state index contributed by atoms with van der Waals surface area (Å²) < 4.78 is 15.3. The molecule has 0 aliphatic heterocycles. The Morgan fingerprint density at radius 1 is 1.32 bits per heavy atom. The number of nitrogens with zero attached hydrogens (tertiary/aromatic N) is 1. The molecule has 2 rings (SSSR count). The first-order valence-electron chi connectivity index (χ1n) is 5.50. The van der Waals surface area contributed by atoms with Gasteiger partial charge in [-0.2, -0.15) is 0 Å². The molecule has 19 heavy (non-hydrogen) atoms. The van der Waals surface area contributed by atoms with Gasteiger partial charge in [-0.25, -0.2) is 4.79 Å². The maximum absolute atomic E-state index is 11.2. The van der Waals surface area contributed by atoms with Gasteiger partial charge in [0.15, 0.2) is 0 Å². The van der Waals surface area contributed by atoms with Crippen LogP contribution in [0.2, 0.25) is 0 Å². The number of benzene rings is 1. The number of aromatic carboxylic acids is 1. The first-order chi connectivity index (χ1) is 9.08. The van der Waals surface area contributed by atoms with Crippen LogP contribution in [0.25, 0.3) is 11.3 Å². The SMILES string of the molecule is COc1ccc(-c2noc(C)c2C(=O)O)c(OC)c1. The molecule has 1 aromatic heterocycles. The molecule has 0 aliphatic rings. The van der Waals surface area contributed by atoms with Crippen LogP contribution in [0.5, 0.6) is 11.5 Å². The largest absolute Gasteiger partial charge is 0.497 e. The predicted molar refractivity (Wildman–Crippen MR) is 66.7 cm³/mol. The lowest BCUT2D eigenvalue weighted by molar-refractivity contribution is 0.0696. The van der Waals surface area contributed by atoms with Crippen LogP contribution >= 0.6 is 0 Å². The third-order valence-electron chi connectivity index (χ3n) is 2.74. The Morgan fingerprint density at radius 3 is 2.63 bits per heavy atom. The molecule has 0 bridgehead atoms. The van der Waals surface area contributed by atoms with Gasteiger partial charge in [0, 0.05) is 11.6 Å². The molecule has 0 saturated heterocycles. The van der Waals surface area contributed by atoms with Gasteiger partial charge in [-0.3, -0.25) is 0 Å². The third-order valence-corrected chi connectivity index (χ3v) is 2.74. The van der Waals surface area contributed by atoms with Crippen LogP contribution in [0.4, 0.5) is 0 Å². The molecule has 6 nitrogen and oxygen atoms in total. The molecule has 100 valence electrons. The molecule has 2 aromatic rings. The molecule has 1 N–H and O–H groups in total. The summed E-state index contributed by atoms with van der Waals surface area (Å²) in [6, 6.07) is 5.04. The monoisotopic (exact) mass is 263 g/mol. The average Bonchev–Trinajstić information content (AvgIpc) is 2.79. The van der Waals surface area contributed by atoms with Gasteiger partial charge >= 0.3 is 5.97 Å². The van der Waals surface area contributed by atoms with E-state index in [2.05, 4.69) is 5.16 Å². The van der Waals surface area contributed by atoms with Crippen LogP contribution in [0.3, 0.4) is 0 Å². The summed E-state index contributed by atoms with van der Waals surface area (Å²) in [4.78, 5) is 11.2. The topological polar surface area (TPSA) is 81.8 Å². The van der Waals surface area contributed by atoms with E-state index in [0.717, 1.165) is 0 Å². The minimum Gasteiger partial charge on any atom is -0.497 e. The van der Waals surface area contributed by atoms with Gasteiger partial charge in [0.05, 0.1) is 14.2 Å². The van der Waals surface area contributed by atoms with E-state index in [-0.39, 0.29) is 17.0 Å². The molecule has 0 aliphatic carbocycles. The smallest absolute Gasteiger partial charge is 0.341 e. The minimum absolute atomic E-state index is 0.0310. The van der Waals surface area contributed by atoms with E-state index in [9.17, 15) is 9.90 Å². The Bertz CT molecular complexity index is 617. The van der Waals surface area contributed by atoms with E-state index >= 15 is 0 Å². The van der Waals surface area contributed by atoms with Crippen molar-refractivity contribution < 1.29 is 23.9 Å². The van der Waals surface area contributed by atoms with Crippen LogP contribution in [0, 0.1) is 6.92 Å². The molecular formula is C13H13NO5. The number of hydrogen-bond acceptors (Lipinski definition) is 5. The van der Waals surface area contributed by atoms with Gasteiger partial charge in [0.1, 0.15) is 28.5 Å². The molecule has 0 saturated carbocycles. The number of rotatable bonds is 4. The van der Waals surface area contributed by atoms with Crippen molar-refractivity contribution in [2.75, 3.05) is 14.2 Å². The highest BCUT2D eigenvalue weighted by Crippen LogP contribution is 2.35. The molecule has 0 unspecified atom stereocenters. The van der Waals surface area contributed by atoms with Gasteiger partial charge in [-0.05, 0) is 19.1 Å². The molecule has 6 heteroatoms. The molecule has 0 radical (unpaired) electrons. The second-order valence-corrected chi connectivity index (χ2v) is 3.83. The number of methoxy groups -OCH3 is 2. The van der Waals surface area contributed by atoms with Crippen LogP contribution in [-0.4, -0.2) is 30.5 Å². The van der Waals surface area contributed by atoms with Crippen molar-refractivity contribution in [2.45, 2.75) is 6.92 Å². The Kier molecular flexibility index (Phi) is 3.41. The number of carbonyl (C=O) groups is 1. The summed E-state index contributed by atoms with van der Waals surface area (Å²) in [5.74, 6) is 0.236. The molecule has 0 atom stereocenters. The van der Waals surface area contributed by atoms with Gasteiger partial charge in [-0.15, -0.1) is 0 Å². The Hall–Kier alpha value is -2.50. The highest BCUT2D eigenvalue weighted by Gasteiger charge is 2.23. The lowest BCUT2D eigenvalue weighted by atomic mass is 10.1. The standard InChI is InChI=1S/C13H13NO5/c1-7-11(13(15)16)12(14-19-7)9-5-4-8(17-2)6-10(9)18-3/h4-6H,1-3H3,(H,15,16). The molecule has 1 heterocycles. The van der Waals surface area contributed by atoms with E-state index in [0.29, 0.717) is 17.1 Å². The number of aromatic nitrogens is 1. The molecule has 0 spiro atoms. The second kappa shape index (κ2) is 5.01. The fourth-order valence-electron chi connectivity index (χ4n) is 1.80. The van der Waals surface area contributed by atoms with Gasteiger partial charge < -0.3 is 19.1 Å². The van der Waals surface area contributed by atoms with Crippen LogP contribution in [0.15, 0.2) is 22.7 Å². The summed E-state index contributed by atoms with van der Waals surface area (Å²) in [5, 5.41) is 13.0. The summed E-state index contributed by atoms with van der Waals surface area (Å²) in [6.07, 6.45) is 0. The summed E-state index contributed by atoms with van der Waals surface area (Å²) >= 11 is 0. The summed E-state index contributed by atoms with van der Waals surface area (Å²) in [6.45, 7) is 1.55. The van der Waals surface area contributed by atoms with Crippen molar-refractivity contribution in [1.29, 1.82) is 0 Å². The Balaban J connectivity index is 2.62. The molecule has 0 fully saturated rings. The van der Waals surface area contributed by atoms with Crippen molar-refractivity contribution >= 4 is 5.97 Å². The number of ether oxygens (including phenoxy) is 2. The van der Waals surface area contributed by atoms with Crippen molar-refractivity contribution in [3.63, 3.8) is 0 Å². The third kappa shape index (κ3) is 2.24. The molecule has 1 aromatic carbocycles. The van der Waals surface area contributed by atoms with E-state index in [1.165, 1.54) is 14.2 Å². The lowest BCUT2D eigenvalue weighted by Gasteiger charge is -2.08. The van der Waals surface area contributed by atoms with Crippen LogP contribution < -0.4 is 9.47 Å². The quantitative estimate of drug-likeness (QED) is 0.911. The zero-order chi connectivity index (χ0) is 14.0. The lowest BCUT2D eigenvalue weighted by Crippen LogP contribution is -2.00. The van der Waals surface area contributed by atoms with Crippen LogP contribution in [0.1, 0.15) is 16.1 Å². The number of aryl methyl sites for hydroxylation is 1. The second-order valence-electron chi connectivity index (χ2n) is 3.83. The Labute approximate surface area is 109 Å². The Morgan fingerprint density at radius 2 is 2.05 bits per heavy atom. The predicted octanol–water partition coefficient (Wildman–Crippen LogP) is 2.37. The first-order valence-corrected chi connectivity index (χ1v) is 5.50. The first kappa shape index (κ1) is 12.9. The van der Waals surface area contributed by atoms with E-state index in [4.69, 9.17) is 14.0 Å². The summed E-state index contributed by atoms with van der Waals surface area (Å²) in [7, 11) is 3.03. The van der Waals surface area contributed by atoms with Crippen molar-refractivity contribution in [2.24, 2.45) is 0 Å². The zero-order valence-corrected chi connectivity index (χ0v) is 10.8. The highest BCUT2D eigenvalue weighted by molar-refractivity contribution is 5.96. The van der Waals surface area contributed by atoms with Gasteiger partial charge in [0.2, 0.25) is 0 Å². The van der Waals surface area contributed by atoms with Gasteiger partial charge in [0.25, 0.3) is 0 Å². The minimum atomic E-state index is -1.09. The maximum Gasteiger partial charge on any atom is 0.341 e. The number of carboxylic acid groups (broad SMARTS) is 1. The fraction of sp³-hybridized carbons (Fsp3) is 0.231. The average molecular weight is 263 g/mol. The van der Waals surface area contributed by atoms with Gasteiger partial charge in [-0.1, -0.05) is 5.16 Å². The number of hydrogen-bond donors (Lipinski definition) is 1. The maximum atomic E-state index is 11.2.